The van der Waals surface area contributed by atoms with Crippen molar-refractivity contribution in [2.24, 2.45) is 5.92 Å². The second-order valence-corrected chi connectivity index (χ2v) is 12.7. The number of fused-ring (bicyclic) bond motifs is 1. The van der Waals surface area contributed by atoms with Gasteiger partial charge in [0.1, 0.15) is 6.04 Å². The van der Waals surface area contributed by atoms with Gasteiger partial charge in [-0.2, -0.15) is 0 Å². The number of carbonyl (C=O) groups excluding carboxylic acids is 2. The van der Waals surface area contributed by atoms with Crippen molar-refractivity contribution in [2.75, 3.05) is 26.2 Å². The molecule has 0 bridgehead atoms. The van der Waals surface area contributed by atoms with Crippen molar-refractivity contribution in [1.29, 1.82) is 0 Å². The Labute approximate surface area is 250 Å². The maximum absolute atomic E-state index is 13.9. The van der Waals surface area contributed by atoms with Gasteiger partial charge in [0, 0.05) is 62.7 Å². The highest BCUT2D eigenvalue weighted by molar-refractivity contribution is 6.30. The number of allylic oxidation sites excluding steroid dienone is 1. The summed E-state index contributed by atoms with van der Waals surface area (Å²) in [5.41, 5.74) is 4.75. The van der Waals surface area contributed by atoms with Crippen LogP contribution in [0.3, 0.4) is 0 Å². The predicted molar refractivity (Wildman–Crippen MR) is 166 cm³/mol. The molecular weight excluding hydrogens is 532 g/mol. The molecule has 2 amide bonds. The summed E-state index contributed by atoms with van der Waals surface area (Å²) in [6, 6.07) is 15.6. The van der Waals surface area contributed by atoms with Gasteiger partial charge in [-0.3, -0.25) is 14.5 Å². The fourth-order valence-corrected chi connectivity index (χ4v) is 7.00. The van der Waals surface area contributed by atoms with Gasteiger partial charge in [-0.1, -0.05) is 78.9 Å². The second-order valence-electron chi connectivity index (χ2n) is 12.3. The van der Waals surface area contributed by atoms with Crippen LogP contribution in [-0.4, -0.2) is 59.9 Å². The first kappa shape index (κ1) is 29.8. The van der Waals surface area contributed by atoms with Crippen LogP contribution in [0.4, 0.5) is 0 Å². The molecule has 2 heterocycles. The first-order valence-electron chi connectivity index (χ1n) is 15.4. The second kappa shape index (κ2) is 14.0. The molecule has 1 saturated carbocycles. The third-order valence-electron chi connectivity index (χ3n) is 9.03. The van der Waals surface area contributed by atoms with Crippen LogP contribution in [-0.2, 0) is 22.6 Å². The van der Waals surface area contributed by atoms with Crippen molar-refractivity contribution >= 4 is 23.4 Å². The lowest BCUT2D eigenvalue weighted by Crippen LogP contribution is -2.57. The van der Waals surface area contributed by atoms with E-state index in [1.165, 1.54) is 48.8 Å². The molecule has 1 aliphatic carbocycles. The average molecular weight is 577 g/mol. The van der Waals surface area contributed by atoms with Crippen LogP contribution in [0, 0.1) is 5.92 Å². The number of rotatable bonds is 9. The molecule has 0 aromatic heterocycles. The van der Waals surface area contributed by atoms with E-state index in [0.29, 0.717) is 42.9 Å². The van der Waals surface area contributed by atoms with Crippen molar-refractivity contribution in [3.8, 4) is 0 Å². The highest BCUT2D eigenvalue weighted by atomic mass is 35.5. The van der Waals surface area contributed by atoms with E-state index in [1.807, 2.05) is 41.3 Å². The van der Waals surface area contributed by atoms with Crippen LogP contribution >= 0.6 is 11.6 Å². The summed E-state index contributed by atoms with van der Waals surface area (Å²) >= 11 is 6.12. The van der Waals surface area contributed by atoms with Gasteiger partial charge >= 0.3 is 0 Å². The van der Waals surface area contributed by atoms with E-state index in [0.717, 1.165) is 25.2 Å². The number of carbonyl (C=O) groups is 2. The lowest BCUT2D eigenvalue weighted by molar-refractivity contribution is -0.138. The van der Waals surface area contributed by atoms with E-state index >= 15 is 0 Å². The van der Waals surface area contributed by atoms with Gasteiger partial charge in [0.2, 0.25) is 11.8 Å². The predicted octanol–water partition coefficient (Wildman–Crippen LogP) is 5.66. The van der Waals surface area contributed by atoms with E-state index in [-0.39, 0.29) is 17.9 Å². The van der Waals surface area contributed by atoms with Crippen LogP contribution in [0.25, 0.3) is 0 Å². The normalized spacial score (nSPS) is 21.1. The summed E-state index contributed by atoms with van der Waals surface area (Å²) < 4.78 is 0. The number of nitrogens with one attached hydrogen (secondary N) is 2. The highest BCUT2D eigenvalue weighted by Crippen LogP contribution is 2.31. The summed E-state index contributed by atoms with van der Waals surface area (Å²) in [7, 11) is 0. The van der Waals surface area contributed by atoms with Crippen LogP contribution in [0.1, 0.15) is 75.1 Å². The van der Waals surface area contributed by atoms with Crippen LogP contribution < -0.4 is 10.6 Å². The smallest absolute Gasteiger partial charge is 0.245 e. The minimum atomic E-state index is -0.612. The Morgan fingerprint density at radius 3 is 2.41 bits per heavy atom. The fourth-order valence-electron chi connectivity index (χ4n) is 6.87. The van der Waals surface area contributed by atoms with E-state index in [2.05, 4.69) is 47.6 Å². The third-order valence-corrected chi connectivity index (χ3v) is 9.28. The van der Waals surface area contributed by atoms with Crippen LogP contribution in [0.5, 0.6) is 0 Å². The molecule has 3 atom stereocenters. The number of halogens is 1. The maximum atomic E-state index is 13.9. The van der Waals surface area contributed by atoms with Gasteiger partial charge in [-0.15, -0.1) is 0 Å². The van der Waals surface area contributed by atoms with E-state index < -0.39 is 6.04 Å². The number of benzene rings is 2. The number of piperazine rings is 1. The van der Waals surface area contributed by atoms with Crippen molar-refractivity contribution in [3.63, 3.8) is 0 Å². The number of hydrogen-bond acceptors (Lipinski definition) is 4. The molecule has 41 heavy (non-hydrogen) atoms. The lowest BCUT2D eigenvalue weighted by Gasteiger charge is -2.43. The molecule has 0 radical (unpaired) electrons. The Balaban J connectivity index is 1.25. The zero-order valence-corrected chi connectivity index (χ0v) is 25.3. The van der Waals surface area contributed by atoms with Gasteiger partial charge in [0.05, 0.1) is 0 Å². The minimum Gasteiger partial charge on any atom is -0.344 e. The SMILES string of the molecule is CC(C)=CC(C1CCCCC1)N1CCN(C(=O)[C@@H](Cc2ccc(Cl)cc2)NC(=O)CC2NCc3ccccc32)CC1. The van der Waals surface area contributed by atoms with Crippen molar-refractivity contribution in [1.82, 2.24) is 20.4 Å². The Bertz CT molecular complexity index is 1210. The van der Waals surface area contributed by atoms with Crippen molar-refractivity contribution in [3.05, 3.63) is 81.9 Å². The Kier molecular flexibility index (Phi) is 10.2. The molecule has 5 rings (SSSR count). The van der Waals surface area contributed by atoms with E-state index in [4.69, 9.17) is 11.6 Å². The number of amides is 2. The molecule has 2 aliphatic heterocycles. The molecule has 0 spiro atoms. The lowest BCUT2D eigenvalue weighted by atomic mass is 9.82. The van der Waals surface area contributed by atoms with Gasteiger partial charge in [-0.05, 0) is 61.4 Å². The van der Waals surface area contributed by atoms with Gasteiger partial charge in [-0.25, -0.2) is 0 Å². The van der Waals surface area contributed by atoms with Crippen LogP contribution in [0.2, 0.25) is 5.02 Å². The molecular formula is C34H45ClN4O2. The summed E-state index contributed by atoms with van der Waals surface area (Å²) in [5, 5.41) is 7.23. The summed E-state index contributed by atoms with van der Waals surface area (Å²) in [6.07, 6.45) is 9.79. The molecule has 1 saturated heterocycles. The first-order chi connectivity index (χ1) is 19.9. The first-order valence-corrected chi connectivity index (χ1v) is 15.8. The average Bonchev–Trinajstić information content (AvgIpc) is 3.39. The Hall–Kier alpha value is -2.67. The molecule has 3 aliphatic rings. The Morgan fingerprint density at radius 1 is 1.00 bits per heavy atom. The fraction of sp³-hybridized carbons (Fsp3) is 0.529. The standard InChI is InChI=1S/C34H45ClN4O2/c1-24(2)20-32(26-8-4-3-5-9-26)38-16-18-39(19-17-38)34(41)31(21-25-12-14-28(35)15-13-25)37-33(40)22-30-29-11-7-6-10-27(29)23-36-30/h6-7,10-15,20,26,30-32,36H,3-5,8-9,16-19,21-23H2,1-2H3,(H,37,40)/t30?,31-,32?/m1/s1. The molecule has 2 N–H and O–H groups in total. The molecule has 2 unspecified atom stereocenters. The number of nitrogens with zero attached hydrogens (tertiary/aromatic N) is 2. The zero-order chi connectivity index (χ0) is 28.8. The molecule has 220 valence electrons. The minimum absolute atomic E-state index is 0.00385. The topological polar surface area (TPSA) is 64.7 Å². The van der Waals surface area contributed by atoms with Gasteiger partial charge in [0.15, 0.2) is 0 Å². The molecule has 2 fully saturated rings. The van der Waals surface area contributed by atoms with E-state index in [1.54, 1.807) is 0 Å². The molecule has 2 aromatic rings. The molecule has 6 nitrogen and oxygen atoms in total. The quantitative estimate of drug-likeness (QED) is 0.378. The van der Waals surface area contributed by atoms with Crippen LogP contribution in [0.15, 0.2) is 60.2 Å². The molecule has 7 heteroatoms. The van der Waals surface area contributed by atoms with Crippen molar-refractivity contribution in [2.45, 2.75) is 83.5 Å². The van der Waals surface area contributed by atoms with Crippen molar-refractivity contribution < 1.29 is 9.59 Å². The Morgan fingerprint density at radius 2 is 1.71 bits per heavy atom. The summed E-state index contributed by atoms with van der Waals surface area (Å²) in [6.45, 7) is 8.24. The zero-order valence-electron chi connectivity index (χ0n) is 24.6. The third kappa shape index (κ3) is 7.79. The number of hydrogen-bond donors (Lipinski definition) is 2. The van der Waals surface area contributed by atoms with E-state index in [9.17, 15) is 9.59 Å². The molecule has 2 aromatic carbocycles. The monoisotopic (exact) mass is 576 g/mol. The van der Waals surface area contributed by atoms with Gasteiger partial charge in [0.25, 0.3) is 0 Å². The largest absolute Gasteiger partial charge is 0.344 e. The van der Waals surface area contributed by atoms with Gasteiger partial charge < -0.3 is 15.5 Å². The highest BCUT2D eigenvalue weighted by Gasteiger charge is 2.34. The summed E-state index contributed by atoms with van der Waals surface area (Å²) in [5.74, 6) is 0.599. The summed E-state index contributed by atoms with van der Waals surface area (Å²) in [4.78, 5) is 31.8. The maximum Gasteiger partial charge on any atom is 0.245 e.